The molecule has 0 aromatic carbocycles. The fourth-order valence-corrected chi connectivity index (χ4v) is 2.07. The molecule has 0 aliphatic rings. The molecule has 0 saturated heterocycles. The lowest BCUT2D eigenvalue weighted by Gasteiger charge is -2.05. The van der Waals surface area contributed by atoms with Gasteiger partial charge in [-0.25, -0.2) is 0 Å². The van der Waals surface area contributed by atoms with Crippen molar-refractivity contribution in [2.75, 3.05) is 0 Å². The molecule has 0 N–H and O–H groups in total. The Bertz CT molecular complexity index is 630. The first-order valence-corrected chi connectivity index (χ1v) is 6.35. The largest absolute Gasteiger partial charge is 0.348 e. The van der Waals surface area contributed by atoms with Crippen LogP contribution in [0.5, 0.6) is 0 Å². The maximum Gasteiger partial charge on any atom is 0.0642 e. The Labute approximate surface area is 112 Å². The number of pyridine rings is 2. The van der Waals surface area contributed by atoms with E-state index in [1.165, 1.54) is 0 Å². The van der Waals surface area contributed by atoms with Crippen LogP contribution >= 0.6 is 0 Å². The average Bonchev–Trinajstić information content (AvgIpc) is 2.93. The van der Waals surface area contributed by atoms with Crippen molar-refractivity contribution in [3.8, 4) is 0 Å². The van der Waals surface area contributed by atoms with E-state index in [0.717, 1.165) is 30.0 Å². The molecule has 94 valence electrons. The minimum Gasteiger partial charge on any atom is -0.348 e. The third-order valence-electron chi connectivity index (χ3n) is 2.96. The van der Waals surface area contributed by atoms with Crippen molar-refractivity contribution >= 4 is 0 Å². The van der Waals surface area contributed by atoms with Crippen molar-refractivity contribution < 1.29 is 0 Å². The molecule has 3 heteroatoms. The van der Waals surface area contributed by atoms with Gasteiger partial charge in [-0.2, -0.15) is 0 Å². The number of rotatable bonds is 4. The quantitative estimate of drug-likeness (QED) is 0.711. The molecule has 19 heavy (non-hydrogen) atoms. The number of nitrogens with zero attached hydrogens (tertiary/aromatic N) is 3. The van der Waals surface area contributed by atoms with Gasteiger partial charge in [-0.15, -0.1) is 0 Å². The molecule has 0 bridgehead atoms. The molecular formula is C16H15N3. The van der Waals surface area contributed by atoms with Gasteiger partial charge < -0.3 is 4.57 Å². The predicted molar refractivity (Wildman–Crippen MR) is 74.8 cm³/mol. The van der Waals surface area contributed by atoms with E-state index in [1.807, 2.05) is 55.0 Å². The summed E-state index contributed by atoms with van der Waals surface area (Å²) in [6, 6.07) is 16.2. The second-order valence-electron chi connectivity index (χ2n) is 4.47. The Morgan fingerprint density at radius 2 is 1.58 bits per heavy atom. The van der Waals surface area contributed by atoms with Crippen LogP contribution in [0.15, 0.2) is 67.1 Å². The van der Waals surface area contributed by atoms with Gasteiger partial charge in [-0.05, 0) is 36.4 Å². The highest BCUT2D eigenvalue weighted by molar-refractivity contribution is 5.18. The highest BCUT2D eigenvalue weighted by Gasteiger charge is 2.01. The minimum absolute atomic E-state index is 0.778. The molecule has 0 spiro atoms. The first kappa shape index (κ1) is 11.7. The van der Waals surface area contributed by atoms with Gasteiger partial charge in [-0.1, -0.05) is 12.1 Å². The van der Waals surface area contributed by atoms with Crippen LogP contribution in [0.3, 0.4) is 0 Å². The Hall–Kier alpha value is -2.42. The molecule has 0 aliphatic carbocycles. The van der Waals surface area contributed by atoms with Crippen LogP contribution in [-0.4, -0.2) is 14.5 Å². The standard InChI is InChI=1S/C16H15N3/c1-2-9-17-14(6-1)12-15-7-5-8-16(18-15)13-19-10-3-4-11-19/h1-11H,12-13H2. The van der Waals surface area contributed by atoms with Crippen LogP contribution in [0.25, 0.3) is 0 Å². The predicted octanol–water partition coefficient (Wildman–Crippen LogP) is 2.92. The molecule has 3 aromatic heterocycles. The molecule has 0 radical (unpaired) electrons. The molecule has 0 atom stereocenters. The number of hydrogen-bond acceptors (Lipinski definition) is 2. The van der Waals surface area contributed by atoms with Gasteiger partial charge >= 0.3 is 0 Å². The van der Waals surface area contributed by atoms with Gasteiger partial charge in [0.25, 0.3) is 0 Å². The highest BCUT2D eigenvalue weighted by Crippen LogP contribution is 2.07. The zero-order valence-electron chi connectivity index (χ0n) is 10.6. The van der Waals surface area contributed by atoms with Crippen LogP contribution in [0, 0.1) is 0 Å². The fraction of sp³-hybridized carbons (Fsp3) is 0.125. The summed E-state index contributed by atoms with van der Waals surface area (Å²) in [5.41, 5.74) is 3.18. The van der Waals surface area contributed by atoms with Gasteiger partial charge in [0.1, 0.15) is 0 Å². The first-order valence-electron chi connectivity index (χ1n) is 6.35. The first-order chi connectivity index (χ1) is 9.40. The molecule has 0 aliphatic heterocycles. The lowest BCUT2D eigenvalue weighted by molar-refractivity contribution is 0.773. The Morgan fingerprint density at radius 1 is 0.789 bits per heavy atom. The van der Waals surface area contributed by atoms with E-state index < -0.39 is 0 Å². The van der Waals surface area contributed by atoms with E-state index in [-0.39, 0.29) is 0 Å². The highest BCUT2D eigenvalue weighted by atomic mass is 15.0. The van der Waals surface area contributed by atoms with Crippen LogP contribution in [0.4, 0.5) is 0 Å². The molecule has 3 heterocycles. The maximum absolute atomic E-state index is 4.68. The van der Waals surface area contributed by atoms with Crippen molar-refractivity contribution in [3.05, 3.63) is 84.2 Å². The van der Waals surface area contributed by atoms with Crippen molar-refractivity contribution in [3.63, 3.8) is 0 Å². The minimum atomic E-state index is 0.778. The van der Waals surface area contributed by atoms with Crippen molar-refractivity contribution in [1.82, 2.24) is 14.5 Å². The summed E-state index contributed by atoms with van der Waals surface area (Å²) < 4.78 is 2.12. The zero-order chi connectivity index (χ0) is 12.9. The molecule has 3 nitrogen and oxygen atoms in total. The third kappa shape index (κ3) is 3.07. The fourth-order valence-electron chi connectivity index (χ4n) is 2.07. The molecule has 3 aromatic rings. The second-order valence-corrected chi connectivity index (χ2v) is 4.47. The molecular weight excluding hydrogens is 234 g/mol. The molecule has 0 unspecified atom stereocenters. The number of aromatic nitrogens is 3. The average molecular weight is 249 g/mol. The lowest BCUT2D eigenvalue weighted by Crippen LogP contribution is -2.02. The zero-order valence-corrected chi connectivity index (χ0v) is 10.6. The molecule has 3 rings (SSSR count). The lowest BCUT2D eigenvalue weighted by atomic mass is 10.2. The van der Waals surface area contributed by atoms with Crippen LogP contribution < -0.4 is 0 Å². The molecule has 0 saturated carbocycles. The number of hydrogen-bond donors (Lipinski definition) is 0. The summed E-state index contributed by atoms with van der Waals surface area (Å²) in [7, 11) is 0. The Morgan fingerprint density at radius 3 is 2.37 bits per heavy atom. The van der Waals surface area contributed by atoms with Gasteiger partial charge in [0.2, 0.25) is 0 Å². The van der Waals surface area contributed by atoms with Crippen molar-refractivity contribution in [1.29, 1.82) is 0 Å². The summed E-state index contributed by atoms with van der Waals surface area (Å²) in [5.74, 6) is 0. The molecule has 0 fully saturated rings. The SMILES string of the molecule is c1ccc(Cc2cccc(Cn3cccc3)n2)nc1. The van der Waals surface area contributed by atoms with Gasteiger partial charge in [-0.3, -0.25) is 9.97 Å². The van der Waals surface area contributed by atoms with Crippen LogP contribution in [0.1, 0.15) is 17.1 Å². The summed E-state index contributed by atoms with van der Waals surface area (Å²) in [4.78, 5) is 9.02. The summed E-state index contributed by atoms with van der Waals surface area (Å²) in [5, 5.41) is 0. The smallest absolute Gasteiger partial charge is 0.0642 e. The van der Waals surface area contributed by atoms with Gasteiger partial charge in [0.05, 0.1) is 12.2 Å². The van der Waals surface area contributed by atoms with Crippen molar-refractivity contribution in [2.45, 2.75) is 13.0 Å². The van der Waals surface area contributed by atoms with E-state index >= 15 is 0 Å². The van der Waals surface area contributed by atoms with Gasteiger partial charge in [0.15, 0.2) is 0 Å². The summed E-state index contributed by atoms with van der Waals surface area (Å²) in [6.07, 6.45) is 6.69. The third-order valence-corrected chi connectivity index (χ3v) is 2.96. The Balaban J connectivity index is 1.76. The summed E-state index contributed by atoms with van der Waals surface area (Å²) >= 11 is 0. The maximum atomic E-state index is 4.68. The summed E-state index contributed by atoms with van der Waals surface area (Å²) in [6.45, 7) is 0.809. The van der Waals surface area contributed by atoms with E-state index in [2.05, 4.69) is 26.7 Å². The van der Waals surface area contributed by atoms with Crippen LogP contribution in [0.2, 0.25) is 0 Å². The van der Waals surface area contributed by atoms with Crippen molar-refractivity contribution in [2.24, 2.45) is 0 Å². The van der Waals surface area contributed by atoms with E-state index in [4.69, 9.17) is 0 Å². The van der Waals surface area contributed by atoms with Gasteiger partial charge in [0, 0.05) is 36.4 Å². The Kier molecular flexibility index (Phi) is 3.36. The van der Waals surface area contributed by atoms with E-state index in [1.54, 1.807) is 0 Å². The van der Waals surface area contributed by atoms with E-state index in [0.29, 0.717) is 0 Å². The van der Waals surface area contributed by atoms with E-state index in [9.17, 15) is 0 Å². The molecule has 0 amide bonds. The van der Waals surface area contributed by atoms with Crippen LogP contribution in [-0.2, 0) is 13.0 Å². The topological polar surface area (TPSA) is 30.7 Å². The normalized spacial score (nSPS) is 10.5. The second kappa shape index (κ2) is 5.48. The monoisotopic (exact) mass is 249 g/mol.